The van der Waals surface area contributed by atoms with Crippen LogP contribution < -0.4 is 5.32 Å². The lowest BCUT2D eigenvalue weighted by Crippen LogP contribution is -2.33. The summed E-state index contributed by atoms with van der Waals surface area (Å²) >= 11 is 1.76. The Labute approximate surface area is 83.0 Å². The van der Waals surface area contributed by atoms with E-state index in [1.54, 1.807) is 11.3 Å². The van der Waals surface area contributed by atoms with E-state index in [0.717, 1.165) is 12.8 Å². The zero-order chi connectivity index (χ0) is 9.73. The van der Waals surface area contributed by atoms with E-state index < -0.39 is 0 Å². The fourth-order valence-corrected chi connectivity index (χ4v) is 2.05. The maximum atomic E-state index is 10.1. The Kier molecular flexibility index (Phi) is 3.63. The van der Waals surface area contributed by atoms with Gasteiger partial charge in [-0.25, -0.2) is 0 Å². The van der Waals surface area contributed by atoms with E-state index in [9.17, 15) is 4.79 Å². The Morgan fingerprint density at radius 1 is 1.62 bits per heavy atom. The van der Waals surface area contributed by atoms with Gasteiger partial charge in [0.1, 0.15) is 6.29 Å². The minimum absolute atomic E-state index is 0.122. The molecule has 0 aliphatic heterocycles. The number of carbonyl (C=O) groups is 1. The molecule has 0 radical (unpaired) electrons. The highest BCUT2D eigenvalue weighted by molar-refractivity contribution is 7.10. The van der Waals surface area contributed by atoms with Gasteiger partial charge in [-0.15, -0.1) is 11.3 Å². The Morgan fingerprint density at radius 2 is 2.38 bits per heavy atom. The smallest absolute Gasteiger partial charge is 0.133 e. The first-order chi connectivity index (χ1) is 6.17. The third kappa shape index (κ3) is 2.94. The number of thiophene rings is 1. The zero-order valence-corrected chi connectivity index (χ0v) is 8.86. The quantitative estimate of drug-likeness (QED) is 0.576. The van der Waals surface area contributed by atoms with Gasteiger partial charge in [0.25, 0.3) is 0 Å². The van der Waals surface area contributed by atoms with E-state index in [4.69, 9.17) is 0 Å². The monoisotopic (exact) mass is 197 g/mol. The number of hydrogen-bond acceptors (Lipinski definition) is 3. The lowest BCUT2D eigenvalue weighted by Gasteiger charge is -2.23. The molecule has 0 aromatic carbocycles. The minimum Gasteiger partial charge on any atom is -0.309 e. The van der Waals surface area contributed by atoms with Gasteiger partial charge >= 0.3 is 0 Å². The number of carbonyl (C=O) groups excluding carboxylic acids is 1. The molecule has 1 rings (SSSR count). The molecule has 1 aromatic heterocycles. The van der Waals surface area contributed by atoms with Crippen molar-refractivity contribution in [1.29, 1.82) is 0 Å². The Hall–Kier alpha value is -0.670. The summed E-state index contributed by atoms with van der Waals surface area (Å²) in [5, 5.41) is 5.18. The topological polar surface area (TPSA) is 29.1 Å². The fourth-order valence-electron chi connectivity index (χ4n) is 1.19. The summed E-state index contributed by atoms with van der Waals surface area (Å²) in [6, 6.07) is 4.19. The second kappa shape index (κ2) is 4.53. The van der Waals surface area contributed by atoms with Crippen LogP contribution in [0.3, 0.4) is 0 Å². The number of hydrogen-bond donors (Lipinski definition) is 1. The normalized spacial score (nSPS) is 11.5. The van der Waals surface area contributed by atoms with Gasteiger partial charge < -0.3 is 10.1 Å². The SMILES string of the molecule is CC(C)(CNCC=O)c1cccs1. The molecule has 72 valence electrons. The summed E-state index contributed by atoms with van der Waals surface area (Å²) in [4.78, 5) is 11.5. The van der Waals surface area contributed by atoms with Crippen LogP contribution in [0.5, 0.6) is 0 Å². The first kappa shape index (κ1) is 10.4. The van der Waals surface area contributed by atoms with Crippen molar-refractivity contribution in [3.05, 3.63) is 22.4 Å². The maximum absolute atomic E-state index is 10.1. The van der Waals surface area contributed by atoms with Crippen molar-refractivity contribution in [2.45, 2.75) is 19.3 Å². The van der Waals surface area contributed by atoms with E-state index in [-0.39, 0.29) is 5.41 Å². The molecule has 0 amide bonds. The molecule has 3 heteroatoms. The average Bonchev–Trinajstić information content (AvgIpc) is 2.56. The highest BCUT2D eigenvalue weighted by Crippen LogP contribution is 2.26. The van der Waals surface area contributed by atoms with Crippen LogP contribution in [0.2, 0.25) is 0 Å². The van der Waals surface area contributed by atoms with E-state index in [2.05, 4.69) is 36.7 Å². The van der Waals surface area contributed by atoms with Crippen LogP contribution in [0, 0.1) is 0 Å². The first-order valence-electron chi connectivity index (χ1n) is 4.35. The molecule has 0 aliphatic carbocycles. The Balaban J connectivity index is 2.51. The van der Waals surface area contributed by atoms with Crippen LogP contribution in [-0.2, 0) is 10.2 Å². The van der Waals surface area contributed by atoms with Crippen molar-refractivity contribution in [1.82, 2.24) is 5.32 Å². The molecule has 13 heavy (non-hydrogen) atoms. The van der Waals surface area contributed by atoms with Crippen LogP contribution in [0.4, 0.5) is 0 Å². The van der Waals surface area contributed by atoms with Gasteiger partial charge in [0.05, 0.1) is 6.54 Å². The molecule has 0 fully saturated rings. The van der Waals surface area contributed by atoms with Crippen LogP contribution in [-0.4, -0.2) is 19.4 Å². The van der Waals surface area contributed by atoms with Crippen LogP contribution in [0.25, 0.3) is 0 Å². The molecule has 1 heterocycles. The zero-order valence-electron chi connectivity index (χ0n) is 8.04. The predicted octanol–water partition coefficient (Wildman–Crippen LogP) is 1.81. The van der Waals surface area contributed by atoms with Crippen molar-refractivity contribution < 1.29 is 4.79 Å². The van der Waals surface area contributed by atoms with Crippen molar-refractivity contribution in [2.75, 3.05) is 13.1 Å². The highest BCUT2D eigenvalue weighted by atomic mass is 32.1. The average molecular weight is 197 g/mol. The second-order valence-corrected chi connectivity index (χ2v) is 4.61. The number of aldehydes is 1. The maximum Gasteiger partial charge on any atom is 0.133 e. The summed E-state index contributed by atoms with van der Waals surface area (Å²) in [5.74, 6) is 0. The molecule has 1 aromatic rings. The largest absolute Gasteiger partial charge is 0.309 e. The molecule has 0 saturated carbocycles. The van der Waals surface area contributed by atoms with Gasteiger partial charge in [-0.2, -0.15) is 0 Å². The fraction of sp³-hybridized carbons (Fsp3) is 0.500. The van der Waals surface area contributed by atoms with E-state index >= 15 is 0 Å². The number of nitrogens with one attached hydrogen (secondary N) is 1. The molecular formula is C10H15NOS. The van der Waals surface area contributed by atoms with E-state index in [1.165, 1.54) is 4.88 Å². The molecule has 0 unspecified atom stereocenters. The summed E-state index contributed by atoms with van der Waals surface area (Å²) in [6.07, 6.45) is 0.893. The molecule has 0 atom stereocenters. The molecule has 0 saturated heterocycles. The third-order valence-corrected chi connectivity index (χ3v) is 3.22. The van der Waals surface area contributed by atoms with Crippen molar-refractivity contribution in [3.8, 4) is 0 Å². The lowest BCUT2D eigenvalue weighted by atomic mass is 9.91. The lowest BCUT2D eigenvalue weighted by molar-refractivity contribution is -0.107. The summed E-state index contributed by atoms with van der Waals surface area (Å²) in [7, 11) is 0. The Morgan fingerprint density at radius 3 is 2.92 bits per heavy atom. The number of rotatable bonds is 5. The highest BCUT2D eigenvalue weighted by Gasteiger charge is 2.20. The summed E-state index contributed by atoms with van der Waals surface area (Å²) in [6.45, 7) is 5.63. The van der Waals surface area contributed by atoms with Gasteiger partial charge in [0.15, 0.2) is 0 Å². The van der Waals surface area contributed by atoms with Crippen molar-refractivity contribution in [2.24, 2.45) is 0 Å². The molecule has 1 N–H and O–H groups in total. The molecular weight excluding hydrogens is 182 g/mol. The van der Waals surface area contributed by atoms with Crippen LogP contribution >= 0.6 is 11.3 Å². The first-order valence-corrected chi connectivity index (χ1v) is 5.23. The van der Waals surface area contributed by atoms with Crippen molar-refractivity contribution >= 4 is 17.6 Å². The van der Waals surface area contributed by atoms with Crippen LogP contribution in [0.1, 0.15) is 18.7 Å². The van der Waals surface area contributed by atoms with Crippen molar-refractivity contribution in [3.63, 3.8) is 0 Å². The third-order valence-electron chi connectivity index (χ3n) is 1.98. The van der Waals surface area contributed by atoms with Gasteiger partial charge in [-0.3, -0.25) is 0 Å². The summed E-state index contributed by atoms with van der Waals surface area (Å²) in [5.41, 5.74) is 0.122. The van der Waals surface area contributed by atoms with Gasteiger partial charge in [-0.1, -0.05) is 19.9 Å². The van der Waals surface area contributed by atoms with Gasteiger partial charge in [0.2, 0.25) is 0 Å². The molecule has 0 spiro atoms. The standard InChI is InChI=1S/C10H15NOS/c1-10(2,8-11-5-6-12)9-4-3-7-13-9/h3-4,6-7,11H,5,8H2,1-2H3. The molecule has 0 aliphatic rings. The van der Waals surface area contributed by atoms with Crippen LogP contribution in [0.15, 0.2) is 17.5 Å². The van der Waals surface area contributed by atoms with E-state index in [0.29, 0.717) is 6.54 Å². The molecule has 2 nitrogen and oxygen atoms in total. The summed E-state index contributed by atoms with van der Waals surface area (Å²) < 4.78 is 0. The predicted molar refractivity (Wildman–Crippen MR) is 56.3 cm³/mol. The Bertz CT molecular complexity index is 254. The van der Waals surface area contributed by atoms with Gasteiger partial charge in [-0.05, 0) is 11.4 Å². The molecule has 0 bridgehead atoms. The minimum atomic E-state index is 0.122. The van der Waals surface area contributed by atoms with Gasteiger partial charge in [0, 0.05) is 16.8 Å². The van der Waals surface area contributed by atoms with E-state index in [1.807, 2.05) is 0 Å². The second-order valence-electron chi connectivity index (χ2n) is 3.66.